The maximum atomic E-state index is 12.8. The molecule has 30 heavy (non-hydrogen) atoms. The molecule has 3 heterocycles. The van der Waals surface area contributed by atoms with Crippen molar-refractivity contribution in [1.29, 1.82) is 0 Å². The second-order valence-corrected chi connectivity index (χ2v) is 7.69. The van der Waals surface area contributed by atoms with Gasteiger partial charge in [-0.15, -0.1) is 0 Å². The average Bonchev–Trinajstić information content (AvgIpc) is 2.72. The van der Waals surface area contributed by atoms with Gasteiger partial charge in [-0.3, -0.25) is 14.5 Å². The van der Waals surface area contributed by atoms with Gasteiger partial charge in [-0.2, -0.15) is 0 Å². The van der Waals surface area contributed by atoms with Crippen molar-refractivity contribution in [1.82, 2.24) is 20.1 Å². The molecule has 2 aromatic rings. The molecule has 1 N–H and O–H groups in total. The molecule has 8 nitrogen and oxygen atoms in total. The van der Waals surface area contributed by atoms with Gasteiger partial charge >= 0.3 is 0 Å². The molecule has 1 aromatic heterocycles. The molecule has 2 aliphatic heterocycles. The number of aromatic nitrogens is 1. The topological polar surface area (TPSA) is 84.0 Å². The van der Waals surface area contributed by atoms with Crippen molar-refractivity contribution in [3.05, 3.63) is 41.6 Å². The number of fused-ring (bicyclic) bond motifs is 1. The molecular formula is C22H28N4O4. The quantitative estimate of drug-likeness (QED) is 0.689. The molecule has 2 aliphatic rings. The van der Waals surface area contributed by atoms with Gasteiger partial charge in [0.25, 0.3) is 5.91 Å². The average molecular weight is 412 g/mol. The smallest absolute Gasteiger partial charge is 0.252 e. The lowest BCUT2D eigenvalue weighted by Crippen LogP contribution is -2.49. The molecule has 0 bridgehead atoms. The summed E-state index contributed by atoms with van der Waals surface area (Å²) in [7, 11) is 1.60. The predicted molar refractivity (Wildman–Crippen MR) is 112 cm³/mol. The molecule has 0 aliphatic carbocycles. The molecule has 0 spiro atoms. The zero-order valence-corrected chi connectivity index (χ0v) is 17.3. The van der Waals surface area contributed by atoms with E-state index in [1.54, 1.807) is 7.11 Å². The van der Waals surface area contributed by atoms with Crippen LogP contribution in [0.2, 0.25) is 0 Å². The Bertz CT molecular complexity index is 915. The number of pyridine rings is 1. The van der Waals surface area contributed by atoms with Crippen LogP contribution in [0.15, 0.2) is 30.3 Å². The number of likely N-dealkylation sites (tertiary alicyclic amines) is 1. The molecule has 4 rings (SSSR count). The van der Waals surface area contributed by atoms with E-state index in [0.717, 1.165) is 30.4 Å². The second kappa shape index (κ2) is 9.51. The fourth-order valence-corrected chi connectivity index (χ4v) is 3.79. The van der Waals surface area contributed by atoms with E-state index in [0.29, 0.717) is 50.7 Å². The highest BCUT2D eigenvalue weighted by molar-refractivity contribution is 6.06. The first-order chi connectivity index (χ1) is 14.7. The molecular weight excluding hydrogens is 384 g/mol. The third kappa shape index (κ3) is 4.61. The summed E-state index contributed by atoms with van der Waals surface area (Å²) in [5.41, 5.74) is 2.04. The Morgan fingerprint density at radius 1 is 1.27 bits per heavy atom. The Kier molecular flexibility index (Phi) is 6.56. The molecule has 8 heteroatoms. The lowest BCUT2D eigenvalue weighted by Gasteiger charge is -2.36. The van der Waals surface area contributed by atoms with Crippen LogP contribution in [0.5, 0.6) is 0 Å². The molecule has 0 unspecified atom stereocenters. The number of rotatable bonds is 7. The van der Waals surface area contributed by atoms with E-state index in [9.17, 15) is 9.59 Å². The maximum absolute atomic E-state index is 12.8. The minimum atomic E-state index is -0.280. The number of amides is 2. The van der Waals surface area contributed by atoms with Crippen LogP contribution in [0.3, 0.4) is 0 Å². The zero-order chi connectivity index (χ0) is 20.9. The first-order valence-electron chi connectivity index (χ1n) is 10.4. The van der Waals surface area contributed by atoms with Crippen molar-refractivity contribution < 1.29 is 19.1 Å². The van der Waals surface area contributed by atoms with E-state index < -0.39 is 0 Å². The van der Waals surface area contributed by atoms with E-state index in [-0.39, 0.29) is 17.9 Å². The molecule has 1 aromatic carbocycles. The summed E-state index contributed by atoms with van der Waals surface area (Å²) >= 11 is 0. The van der Waals surface area contributed by atoms with Gasteiger partial charge < -0.3 is 19.7 Å². The SMILES string of the molecule is COCCNC(=O)c1cc([C@@H]2CN(CC(=O)N3CCC3)CCO2)nc2ccccc12. The van der Waals surface area contributed by atoms with Crippen molar-refractivity contribution >= 4 is 22.7 Å². The van der Waals surface area contributed by atoms with Crippen LogP contribution >= 0.6 is 0 Å². The van der Waals surface area contributed by atoms with E-state index in [1.807, 2.05) is 35.2 Å². The molecule has 0 saturated carbocycles. The molecule has 2 saturated heterocycles. The fraction of sp³-hybridized carbons (Fsp3) is 0.500. The summed E-state index contributed by atoms with van der Waals surface area (Å²) in [5, 5.41) is 3.69. The van der Waals surface area contributed by atoms with Crippen LogP contribution in [0.1, 0.15) is 28.6 Å². The van der Waals surface area contributed by atoms with Gasteiger partial charge in [0, 0.05) is 45.2 Å². The van der Waals surface area contributed by atoms with E-state index in [2.05, 4.69) is 10.2 Å². The number of methoxy groups -OCH3 is 1. The molecule has 1 atom stereocenters. The normalized spacial score (nSPS) is 19.5. The number of carbonyl (C=O) groups is 2. The third-order valence-electron chi connectivity index (χ3n) is 5.62. The third-order valence-corrected chi connectivity index (χ3v) is 5.62. The largest absolute Gasteiger partial charge is 0.383 e. The first kappa shape index (κ1) is 20.7. The fourth-order valence-electron chi connectivity index (χ4n) is 3.79. The van der Waals surface area contributed by atoms with Gasteiger partial charge in [-0.1, -0.05) is 18.2 Å². The summed E-state index contributed by atoms with van der Waals surface area (Å²) in [6, 6.07) is 9.42. The lowest BCUT2D eigenvalue weighted by atomic mass is 10.0. The highest BCUT2D eigenvalue weighted by Gasteiger charge is 2.28. The Balaban J connectivity index is 1.53. The van der Waals surface area contributed by atoms with Crippen molar-refractivity contribution in [2.75, 3.05) is 59.6 Å². The number of para-hydroxylation sites is 1. The van der Waals surface area contributed by atoms with Gasteiger partial charge in [-0.25, -0.2) is 4.98 Å². The highest BCUT2D eigenvalue weighted by atomic mass is 16.5. The number of nitrogens with one attached hydrogen (secondary N) is 1. The van der Waals surface area contributed by atoms with Gasteiger partial charge in [0.05, 0.1) is 36.5 Å². The standard InChI is InChI=1S/C22H28N4O4/c1-29-11-7-23-22(28)17-13-19(24-18-6-3-2-5-16(17)18)20-14-25(10-12-30-20)15-21(27)26-8-4-9-26/h2-3,5-6,13,20H,4,7-12,14-15H2,1H3,(H,23,28)/t20-/m0/s1. The van der Waals surface area contributed by atoms with Gasteiger partial charge in [0.1, 0.15) is 6.10 Å². The van der Waals surface area contributed by atoms with Crippen molar-refractivity contribution in [2.45, 2.75) is 12.5 Å². The number of benzene rings is 1. The summed E-state index contributed by atoms with van der Waals surface area (Å²) < 4.78 is 11.0. The van der Waals surface area contributed by atoms with Crippen LogP contribution in [-0.2, 0) is 14.3 Å². The predicted octanol–water partition coefficient (Wildman–Crippen LogP) is 1.22. The minimum absolute atomic E-state index is 0.160. The first-order valence-corrected chi connectivity index (χ1v) is 10.4. The van der Waals surface area contributed by atoms with Crippen molar-refractivity contribution in [2.24, 2.45) is 0 Å². The van der Waals surface area contributed by atoms with Crippen LogP contribution in [0.25, 0.3) is 10.9 Å². The van der Waals surface area contributed by atoms with Crippen molar-refractivity contribution in [3.63, 3.8) is 0 Å². The highest BCUT2D eigenvalue weighted by Crippen LogP contribution is 2.26. The zero-order valence-electron chi connectivity index (χ0n) is 17.3. The Hall–Kier alpha value is -2.55. The molecule has 160 valence electrons. The van der Waals surface area contributed by atoms with E-state index in [4.69, 9.17) is 14.5 Å². The number of ether oxygens (including phenoxy) is 2. The number of morpholine rings is 1. The Labute approximate surface area is 176 Å². The van der Waals surface area contributed by atoms with Gasteiger partial charge in [0.15, 0.2) is 0 Å². The monoisotopic (exact) mass is 412 g/mol. The van der Waals surface area contributed by atoms with E-state index >= 15 is 0 Å². The van der Waals surface area contributed by atoms with Crippen LogP contribution in [-0.4, -0.2) is 86.2 Å². The maximum Gasteiger partial charge on any atom is 0.252 e. The summed E-state index contributed by atoms with van der Waals surface area (Å²) in [6.07, 6.45) is 0.811. The summed E-state index contributed by atoms with van der Waals surface area (Å²) in [6.45, 7) is 4.84. The van der Waals surface area contributed by atoms with Crippen LogP contribution in [0.4, 0.5) is 0 Å². The lowest BCUT2D eigenvalue weighted by molar-refractivity contribution is -0.137. The van der Waals surface area contributed by atoms with Crippen LogP contribution in [0, 0.1) is 0 Å². The minimum Gasteiger partial charge on any atom is -0.383 e. The van der Waals surface area contributed by atoms with Gasteiger partial charge in [0.2, 0.25) is 5.91 Å². The Morgan fingerprint density at radius 2 is 2.10 bits per heavy atom. The number of hydrogen-bond donors (Lipinski definition) is 1. The Morgan fingerprint density at radius 3 is 2.87 bits per heavy atom. The summed E-state index contributed by atoms with van der Waals surface area (Å²) in [4.78, 5) is 33.9. The molecule has 2 fully saturated rings. The molecule has 0 radical (unpaired) electrons. The van der Waals surface area contributed by atoms with Crippen LogP contribution < -0.4 is 5.32 Å². The van der Waals surface area contributed by atoms with E-state index in [1.165, 1.54) is 0 Å². The number of carbonyl (C=O) groups excluding carboxylic acids is 2. The second-order valence-electron chi connectivity index (χ2n) is 7.69. The number of hydrogen-bond acceptors (Lipinski definition) is 6. The number of nitrogens with zero attached hydrogens (tertiary/aromatic N) is 3. The summed E-state index contributed by atoms with van der Waals surface area (Å²) in [5.74, 6) is 0.0131. The van der Waals surface area contributed by atoms with Gasteiger partial charge in [-0.05, 0) is 18.6 Å². The van der Waals surface area contributed by atoms with Crippen molar-refractivity contribution in [3.8, 4) is 0 Å². The molecule has 2 amide bonds.